The van der Waals surface area contributed by atoms with E-state index in [9.17, 15) is 14.9 Å². The van der Waals surface area contributed by atoms with Crippen LogP contribution in [0.2, 0.25) is 0 Å². The first-order valence-electron chi connectivity index (χ1n) is 9.23. The van der Waals surface area contributed by atoms with Gasteiger partial charge in [0.1, 0.15) is 19.0 Å². The lowest BCUT2D eigenvalue weighted by molar-refractivity contribution is -0.383. The van der Waals surface area contributed by atoms with Crippen molar-refractivity contribution in [2.45, 2.75) is 13.5 Å². The molecule has 1 heterocycles. The molecule has 11 heteroatoms. The lowest BCUT2D eigenvalue weighted by atomic mass is 10.2. The van der Waals surface area contributed by atoms with E-state index < -0.39 is 22.5 Å². The van der Waals surface area contributed by atoms with Gasteiger partial charge < -0.3 is 19.9 Å². The van der Waals surface area contributed by atoms with Crippen molar-refractivity contribution in [2.24, 2.45) is 0 Å². The number of carbonyl (C=O) groups excluding carboxylic acids is 1. The maximum absolute atomic E-state index is 12.7. The Morgan fingerprint density at radius 1 is 1.26 bits per heavy atom. The van der Waals surface area contributed by atoms with Crippen LogP contribution in [0.25, 0.3) is 0 Å². The topological polar surface area (TPSA) is 143 Å². The van der Waals surface area contributed by atoms with Crippen LogP contribution in [0.5, 0.6) is 11.8 Å². The number of rotatable bonds is 11. The Labute approximate surface area is 178 Å². The highest BCUT2D eigenvalue weighted by Gasteiger charge is 2.32. The van der Waals surface area contributed by atoms with Gasteiger partial charge in [-0.3, -0.25) is 15.0 Å². The van der Waals surface area contributed by atoms with Gasteiger partial charge in [0.05, 0.1) is 18.1 Å². The molecule has 2 aromatic rings. The summed E-state index contributed by atoms with van der Waals surface area (Å²) in [6, 6.07) is 6.61. The van der Waals surface area contributed by atoms with Crippen molar-refractivity contribution in [3.05, 3.63) is 65.3 Å². The summed E-state index contributed by atoms with van der Waals surface area (Å²) in [5, 5.41) is 11.7. The lowest BCUT2D eigenvalue weighted by Gasteiger charge is -2.21. The maximum Gasteiger partial charge on any atom is 0.415 e. The van der Waals surface area contributed by atoms with Crippen LogP contribution in [-0.4, -0.2) is 40.8 Å². The minimum Gasteiger partial charge on any atom is -0.490 e. The second kappa shape index (κ2) is 11.1. The summed E-state index contributed by atoms with van der Waals surface area (Å²) >= 11 is 0. The monoisotopic (exact) mass is 429 g/mol. The number of anilines is 2. The highest BCUT2D eigenvalue weighted by molar-refractivity contribution is 5.90. The van der Waals surface area contributed by atoms with E-state index in [2.05, 4.69) is 23.1 Å². The number of hydrogen-bond donors (Lipinski definition) is 1. The number of benzene rings is 1. The van der Waals surface area contributed by atoms with Crippen LogP contribution in [-0.2, 0) is 11.3 Å². The third-order valence-electron chi connectivity index (χ3n) is 3.74. The molecule has 11 nitrogen and oxygen atoms in total. The van der Waals surface area contributed by atoms with E-state index in [1.807, 2.05) is 0 Å². The van der Waals surface area contributed by atoms with E-state index in [1.54, 1.807) is 37.3 Å². The van der Waals surface area contributed by atoms with E-state index in [4.69, 9.17) is 19.9 Å². The summed E-state index contributed by atoms with van der Waals surface area (Å²) in [5.74, 6) is -0.272. The molecule has 0 unspecified atom stereocenters. The molecule has 0 aliphatic rings. The lowest BCUT2D eigenvalue weighted by Crippen LogP contribution is -2.33. The minimum atomic E-state index is -0.851. The van der Waals surface area contributed by atoms with Gasteiger partial charge in [-0.25, -0.2) is 4.79 Å². The molecule has 0 aliphatic carbocycles. The molecule has 0 atom stereocenters. The summed E-state index contributed by atoms with van der Waals surface area (Å²) in [5.41, 5.74) is 5.74. The molecular formula is C20H23N5O6. The van der Waals surface area contributed by atoms with Crippen molar-refractivity contribution < 1.29 is 23.9 Å². The first-order chi connectivity index (χ1) is 14.9. The summed E-state index contributed by atoms with van der Waals surface area (Å²) in [7, 11) is 0. The molecule has 0 radical (unpaired) electrons. The highest BCUT2D eigenvalue weighted by atomic mass is 16.6. The third-order valence-corrected chi connectivity index (χ3v) is 3.74. The second-order valence-corrected chi connectivity index (χ2v) is 5.95. The van der Waals surface area contributed by atoms with Gasteiger partial charge in [-0.15, -0.1) is 0 Å². The van der Waals surface area contributed by atoms with Crippen LogP contribution < -0.4 is 20.1 Å². The van der Waals surface area contributed by atoms with E-state index >= 15 is 0 Å². The molecule has 0 fully saturated rings. The van der Waals surface area contributed by atoms with Gasteiger partial charge in [0, 0.05) is 0 Å². The summed E-state index contributed by atoms with van der Waals surface area (Å²) in [4.78, 5) is 32.4. The Morgan fingerprint density at radius 2 is 1.97 bits per heavy atom. The van der Waals surface area contributed by atoms with Crippen molar-refractivity contribution in [1.82, 2.24) is 9.97 Å². The van der Waals surface area contributed by atoms with Gasteiger partial charge in [-0.2, -0.15) is 9.97 Å². The quantitative estimate of drug-likeness (QED) is 0.323. The Bertz CT molecular complexity index is 965. The number of nitro groups is 1. The first-order valence-corrected chi connectivity index (χ1v) is 9.23. The smallest absolute Gasteiger partial charge is 0.415 e. The number of ether oxygens (including phenoxy) is 3. The van der Waals surface area contributed by atoms with Gasteiger partial charge in [0.2, 0.25) is 11.6 Å². The van der Waals surface area contributed by atoms with Crippen LogP contribution in [0.3, 0.4) is 0 Å². The standard InChI is InChI=1S/C20H23N5O6/c1-4-10-30-15-9-7-8-14(12-15)13-24(20(26)29-6-3)18-16(25(27)28)17(21)22-19(23-18)31-11-5-2/h4-5,7-9,12H,1-2,6,10-11,13H2,3H3,(H2,21,22,23). The molecule has 164 valence electrons. The second-order valence-electron chi connectivity index (χ2n) is 5.95. The van der Waals surface area contributed by atoms with Crippen LogP contribution in [0, 0.1) is 10.1 Å². The van der Waals surface area contributed by atoms with E-state index in [0.29, 0.717) is 17.9 Å². The Kier molecular flexibility index (Phi) is 8.31. The maximum atomic E-state index is 12.7. The van der Waals surface area contributed by atoms with Crippen molar-refractivity contribution in [3.8, 4) is 11.8 Å². The molecule has 1 amide bonds. The fraction of sp³-hybridized carbons (Fsp3) is 0.250. The third kappa shape index (κ3) is 6.16. The fourth-order valence-corrected chi connectivity index (χ4v) is 2.50. The van der Waals surface area contributed by atoms with Crippen LogP contribution in [0.4, 0.5) is 22.1 Å². The van der Waals surface area contributed by atoms with Crippen molar-refractivity contribution in [1.29, 1.82) is 0 Å². The zero-order chi connectivity index (χ0) is 22.8. The molecule has 0 spiro atoms. The largest absolute Gasteiger partial charge is 0.490 e. The number of hydrogen-bond acceptors (Lipinski definition) is 9. The Balaban J connectivity index is 2.53. The van der Waals surface area contributed by atoms with E-state index in [1.165, 1.54) is 6.08 Å². The fourth-order valence-electron chi connectivity index (χ4n) is 2.50. The predicted molar refractivity (Wildman–Crippen MR) is 114 cm³/mol. The molecule has 2 N–H and O–H groups in total. The summed E-state index contributed by atoms with van der Waals surface area (Å²) in [6.07, 6.45) is 2.18. The van der Waals surface area contributed by atoms with Crippen molar-refractivity contribution >= 4 is 23.4 Å². The van der Waals surface area contributed by atoms with E-state index in [0.717, 1.165) is 4.90 Å². The molecule has 0 aliphatic heterocycles. The first kappa shape index (κ1) is 23.1. The SMILES string of the molecule is C=CCOc1cccc(CN(C(=O)OCC)c2nc(OCC=C)nc(N)c2[N+](=O)[O-])c1. The molecular weight excluding hydrogens is 406 g/mol. The van der Waals surface area contributed by atoms with Crippen molar-refractivity contribution in [2.75, 3.05) is 30.5 Å². The number of nitrogens with zero attached hydrogens (tertiary/aromatic N) is 4. The average molecular weight is 429 g/mol. The highest BCUT2D eigenvalue weighted by Crippen LogP contribution is 2.34. The van der Waals surface area contributed by atoms with Crippen LogP contribution in [0.15, 0.2) is 49.6 Å². The summed E-state index contributed by atoms with van der Waals surface area (Å²) in [6.45, 7) is 8.99. The molecule has 0 saturated heterocycles. The number of carbonyl (C=O) groups is 1. The van der Waals surface area contributed by atoms with Gasteiger partial charge >= 0.3 is 17.8 Å². The average Bonchev–Trinajstić information content (AvgIpc) is 2.74. The zero-order valence-electron chi connectivity index (χ0n) is 17.0. The Morgan fingerprint density at radius 3 is 2.61 bits per heavy atom. The van der Waals surface area contributed by atoms with Gasteiger partial charge in [-0.1, -0.05) is 37.4 Å². The number of nitrogen functional groups attached to an aromatic ring is 1. The molecule has 1 aromatic carbocycles. The molecule has 1 aromatic heterocycles. The molecule has 0 bridgehead atoms. The number of aromatic nitrogens is 2. The number of amides is 1. The van der Waals surface area contributed by atoms with Crippen LogP contribution >= 0.6 is 0 Å². The Hall–Kier alpha value is -4.15. The molecule has 0 saturated carbocycles. The summed E-state index contributed by atoms with van der Waals surface area (Å²) < 4.78 is 15.8. The van der Waals surface area contributed by atoms with Gasteiger partial charge in [-0.05, 0) is 24.6 Å². The normalized spacial score (nSPS) is 10.1. The zero-order valence-corrected chi connectivity index (χ0v) is 17.0. The van der Waals surface area contributed by atoms with Crippen LogP contribution in [0.1, 0.15) is 12.5 Å². The molecule has 31 heavy (non-hydrogen) atoms. The number of nitrogens with two attached hydrogens (primary N) is 1. The van der Waals surface area contributed by atoms with Gasteiger partial charge in [0.25, 0.3) is 0 Å². The van der Waals surface area contributed by atoms with Crippen molar-refractivity contribution in [3.63, 3.8) is 0 Å². The van der Waals surface area contributed by atoms with Gasteiger partial charge in [0.15, 0.2) is 0 Å². The minimum absolute atomic E-state index is 0.0405. The molecule has 2 rings (SSSR count). The predicted octanol–water partition coefficient (Wildman–Crippen LogP) is 3.26. The van der Waals surface area contributed by atoms with E-state index in [-0.39, 0.29) is 31.6 Å².